The van der Waals surface area contributed by atoms with Gasteiger partial charge in [0.05, 0.1) is 12.2 Å². The molecule has 3 heteroatoms. The molecule has 0 aromatic heterocycles. The smallest absolute Gasteiger partial charge is 0.121 e. The van der Waals surface area contributed by atoms with Crippen molar-refractivity contribution in [3.05, 3.63) is 54.1 Å². The van der Waals surface area contributed by atoms with Crippen LogP contribution in [0.15, 0.2) is 48.5 Å². The van der Waals surface area contributed by atoms with Gasteiger partial charge in [0.25, 0.3) is 0 Å². The van der Waals surface area contributed by atoms with Gasteiger partial charge in [0.2, 0.25) is 0 Å². The number of nitrogens with one attached hydrogen (secondary N) is 1. The van der Waals surface area contributed by atoms with Crippen LogP contribution in [0.5, 0.6) is 11.5 Å². The van der Waals surface area contributed by atoms with E-state index in [1.807, 2.05) is 64.1 Å². The molecule has 118 valence electrons. The molecule has 0 heterocycles. The summed E-state index contributed by atoms with van der Waals surface area (Å²) in [7, 11) is 0. The summed E-state index contributed by atoms with van der Waals surface area (Å²) in [6, 6.07) is 16.2. The van der Waals surface area contributed by atoms with Crippen molar-refractivity contribution >= 4 is 5.69 Å². The Bertz CT molecular complexity index is 540. The van der Waals surface area contributed by atoms with Crippen LogP contribution in [0.1, 0.15) is 33.3 Å². The number of anilines is 1. The minimum Gasteiger partial charge on any atom is -0.491 e. The van der Waals surface area contributed by atoms with Crippen LogP contribution in [-0.2, 0) is 6.54 Å². The maximum atomic E-state index is 5.72. The van der Waals surface area contributed by atoms with Gasteiger partial charge in [0.15, 0.2) is 0 Å². The van der Waals surface area contributed by atoms with Crippen molar-refractivity contribution in [1.82, 2.24) is 0 Å². The minimum absolute atomic E-state index is 0.181. The molecule has 22 heavy (non-hydrogen) atoms. The van der Waals surface area contributed by atoms with E-state index in [4.69, 9.17) is 9.47 Å². The third-order valence-corrected chi connectivity index (χ3v) is 2.97. The van der Waals surface area contributed by atoms with Crippen LogP contribution in [0.3, 0.4) is 0 Å². The Hall–Kier alpha value is -2.16. The molecule has 0 atom stereocenters. The highest BCUT2D eigenvalue weighted by Crippen LogP contribution is 2.20. The largest absolute Gasteiger partial charge is 0.491 e. The molecule has 1 N–H and O–H groups in total. The molecule has 3 nitrogen and oxygen atoms in total. The third kappa shape index (κ3) is 5.32. The fourth-order valence-corrected chi connectivity index (χ4v) is 2.16. The van der Waals surface area contributed by atoms with Gasteiger partial charge in [0, 0.05) is 18.3 Å². The quantitative estimate of drug-likeness (QED) is 0.791. The highest BCUT2D eigenvalue weighted by molar-refractivity contribution is 5.48. The molecule has 0 radical (unpaired) electrons. The standard InChI is InChI=1S/C19H25NO2/c1-14(2)21-18-9-5-7-16(11-18)13-20-17-8-6-10-19(12-17)22-15(3)4/h5-12,14-15,20H,13H2,1-4H3. The van der Waals surface area contributed by atoms with Gasteiger partial charge in [-0.15, -0.1) is 0 Å². The summed E-state index contributed by atoms with van der Waals surface area (Å²) >= 11 is 0. The van der Waals surface area contributed by atoms with E-state index in [2.05, 4.69) is 17.4 Å². The topological polar surface area (TPSA) is 30.5 Å². The van der Waals surface area contributed by atoms with E-state index in [9.17, 15) is 0 Å². The van der Waals surface area contributed by atoms with Crippen molar-refractivity contribution in [1.29, 1.82) is 0 Å². The fraction of sp³-hybridized carbons (Fsp3) is 0.368. The highest BCUT2D eigenvalue weighted by atomic mass is 16.5. The van der Waals surface area contributed by atoms with Gasteiger partial charge in [-0.25, -0.2) is 0 Å². The normalized spacial score (nSPS) is 10.8. The zero-order valence-electron chi connectivity index (χ0n) is 13.8. The van der Waals surface area contributed by atoms with Crippen LogP contribution in [0.4, 0.5) is 5.69 Å². The summed E-state index contributed by atoms with van der Waals surface area (Å²) in [6.45, 7) is 8.87. The van der Waals surface area contributed by atoms with Crippen LogP contribution in [0.25, 0.3) is 0 Å². The Morgan fingerprint density at radius 1 is 0.818 bits per heavy atom. The minimum atomic E-state index is 0.181. The first-order valence-corrected chi connectivity index (χ1v) is 7.79. The van der Waals surface area contributed by atoms with Crippen molar-refractivity contribution in [3.8, 4) is 11.5 Å². The molecule has 0 amide bonds. The van der Waals surface area contributed by atoms with Crippen LogP contribution >= 0.6 is 0 Å². The molecule has 0 saturated carbocycles. The van der Waals surface area contributed by atoms with Gasteiger partial charge in [-0.3, -0.25) is 0 Å². The Labute approximate surface area is 133 Å². The first-order chi connectivity index (χ1) is 10.5. The van der Waals surface area contributed by atoms with Crippen molar-refractivity contribution in [2.45, 2.75) is 46.4 Å². The van der Waals surface area contributed by atoms with Gasteiger partial charge in [-0.1, -0.05) is 18.2 Å². The van der Waals surface area contributed by atoms with E-state index < -0.39 is 0 Å². The van der Waals surface area contributed by atoms with Crippen LogP contribution < -0.4 is 14.8 Å². The Morgan fingerprint density at radius 3 is 2.05 bits per heavy atom. The van der Waals surface area contributed by atoms with E-state index in [0.29, 0.717) is 0 Å². The van der Waals surface area contributed by atoms with Gasteiger partial charge in [0.1, 0.15) is 11.5 Å². The van der Waals surface area contributed by atoms with Crippen molar-refractivity contribution in [3.63, 3.8) is 0 Å². The van der Waals surface area contributed by atoms with E-state index in [1.165, 1.54) is 5.56 Å². The van der Waals surface area contributed by atoms with Gasteiger partial charge < -0.3 is 14.8 Å². The summed E-state index contributed by atoms with van der Waals surface area (Å²) < 4.78 is 11.4. The fourth-order valence-electron chi connectivity index (χ4n) is 2.16. The van der Waals surface area contributed by atoms with Crippen LogP contribution in [-0.4, -0.2) is 12.2 Å². The molecule has 2 rings (SSSR count). The Balaban J connectivity index is 1.98. The summed E-state index contributed by atoms with van der Waals surface area (Å²) in [5.41, 5.74) is 2.24. The van der Waals surface area contributed by atoms with E-state index >= 15 is 0 Å². The van der Waals surface area contributed by atoms with Gasteiger partial charge in [-0.2, -0.15) is 0 Å². The lowest BCUT2D eigenvalue weighted by molar-refractivity contribution is 0.242. The van der Waals surface area contributed by atoms with Gasteiger partial charge >= 0.3 is 0 Å². The van der Waals surface area contributed by atoms with Crippen LogP contribution in [0, 0.1) is 0 Å². The number of hydrogen-bond acceptors (Lipinski definition) is 3. The average Bonchev–Trinajstić information content (AvgIpc) is 2.44. The van der Waals surface area contributed by atoms with E-state index in [1.54, 1.807) is 0 Å². The monoisotopic (exact) mass is 299 g/mol. The third-order valence-electron chi connectivity index (χ3n) is 2.97. The first kappa shape index (κ1) is 16.2. The SMILES string of the molecule is CC(C)Oc1cccc(CNc2cccc(OC(C)C)c2)c1. The average molecular weight is 299 g/mol. The molecular weight excluding hydrogens is 274 g/mol. The lowest BCUT2D eigenvalue weighted by Crippen LogP contribution is -2.07. The molecule has 2 aromatic rings. The summed E-state index contributed by atoms with van der Waals surface area (Å²) in [5.74, 6) is 1.79. The predicted octanol–water partition coefficient (Wildman–Crippen LogP) is 4.87. The van der Waals surface area contributed by atoms with Crippen LogP contribution in [0.2, 0.25) is 0 Å². The molecule has 0 aliphatic rings. The second-order valence-electron chi connectivity index (χ2n) is 5.86. The van der Waals surface area contributed by atoms with Crippen molar-refractivity contribution < 1.29 is 9.47 Å². The Kier molecular flexibility index (Phi) is 5.70. The Morgan fingerprint density at radius 2 is 1.41 bits per heavy atom. The molecule has 0 fully saturated rings. The summed E-state index contributed by atoms with van der Waals surface area (Å²) in [4.78, 5) is 0. The summed E-state index contributed by atoms with van der Waals surface area (Å²) in [5, 5.41) is 3.42. The number of ether oxygens (including phenoxy) is 2. The zero-order chi connectivity index (χ0) is 15.9. The maximum absolute atomic E-state index is 5.72. The zero-order valence-corrected chi connectivity index (χ0v) is 13.8. The first-order valence-electron chi connectivity index (χ1n) is 7.79. The highest BCUT2D eigenvalue weighted by Gasteiger charge is 2.02. The predicted molar refractivity (Wildman–Crippen MR) is 91.7 cm³/mol. The lowest BCUT2D eigenvalue weighted by Gasteiger charge is -2.13. The molecule has 0 aliphatic carbocycles. The van der Waals surface area contributed by atoms with Gasteiger partial charge in [-0.05, 0) is 57.5 Å². The molecule has 0 unspecified atom stereocenters. The molecule has 0 spiro atoms. The second kappa shape index (κ2) is 7.74. The maximum Gasteiger partial charge on any atom is 0.121 e. The van der Waals surface area contributed by atoms with E-state index in [0.717, 1.165) is 23.7 Å². The number of hydrogen-bond donors (Lipinski definition) is 1. The second-order valence-corrected chi connectivity index (χ2v) is 5.86. The van der Waals surface area contributed by atoms with E-state index in [-0.39, 0.29) is 12.2 Å². The summed E-state index contributed by atoms with van der Waals surface area (Å²) in [6.07, 6.45) is 0.369. The molecule has 0 saturated heterocycles. The lowest BCUT2D eigenvalue weighted by atomic mass is 10.2. The molecule has 2 aromatic carbocycles. The van der Waals surface area contributed by atoms with Crippen molar-refractivity contribution in [2.75, 3.05) is 5.32 Å². The van der Waals surface area contributed by atoms with Crippen molar-refractivity contribution in [2.24, 2.45) is 0 Å². The molecule has 0 aliphatic heterocycles. The number of rotatable bonds is 7. The molecular formula is C19H25NO2. The number of benzene rings is 2. The molecule has 0 bridgehead atoms.